The van der Waals surface area contributed by atoms with Gasteiger partial charge in [0.05, 0.1) is 31.3 Å². The number of ether oxygens (including phenoxy) is 2. The lowest BCUT2D eigenvalue weighted by Crippen LogP contribution is -2.54. The van der Waals surface area contributed by atoms with Gasteiger partial charge in [0, 0.05) is 13.1 Å². The van der Waals surface area contributed by atoms with Gasteiger partial charge < -0.3 is 9.47 Å². The van der Waals surface area contributed by atoms with E-state index in [2.05, 4.69) is 25.3 Å². The zero-order chi connectivity index (χ0) is 23.5. The van der Waals surface area contributed by atoms with Crippen LogP contribution in [0.4, 0.5) is 0 Å². The summed E-state index contributed by atoms with van der Waals surface area (Å²) >= 11 is 7.62. The third-order valence-electron chi connectivity index (χ3n) is 4.41. The molecule has 2 rings (SSSR count). The number of esters is 2. The molecular weight excluding hydrogens is 458 g/mol. The molecule has 1 aromatic carbocycles. The van der Waals surface area contributed by atoms with Crippen LogP contribution in [-0.2, 0) is 38.7 Å². The fourth-order valence-electron chi connectivity index (χ4n) is 2.88. The van der Waals surface area contributed by atoms with Crippen molar-refractivity contribution in [3.8, 4) is 0 Å². The van der Waals surface area contributed by atoms with E-state index in [0.29, 0.717) is 5.56 Å². The summed E-state index contributed by atoms with van der Waals surface area (Å²) in [6, 6.07) is 8.89. The fourth-order valence-corrected chi connectivity index (χ4v) is 3.06. The van der Waals surface area contributed by atoms with Crippen LogP contribution >= 0.6 is 25.3 Å². The van der Waals surface area contributed by atoms with Crippen LogP contribution in [0.25, 0.3) is 0 Å². The van der Waals surface area contributed by atoms with E-state index in [1.807, 2.05) is 6.07 Å². The molecule has 32 heavy (non-hydrogen) atoms. The van der Waals surface area contributed by atoms with Gasteiger partial charge in [-0.25, -0.2) is 28.1 Å². The minimum Gasteiger partial charge on any atom is -0.465 e. The predicted molar refractivity (Wildman–Crippen MR) is 124 cm³/mol. The maximum Gasteiger partial charge on any atom is 0.336 e. The molecule has 0 saturated carbocycles. The smallest absolute Gasteiger partial charge is 0.336 e. The Hall–Kier alpha value is -2.73. The summed E-state index contributed by atoms with van der Waals surface area (Å²) in [4.78, 5) is 61.1. The lowest BCUT2D eigenvalue weighted by molar-refractivity contribution is -0.141. The number of carbonyl (C=O) groups is 2. The van der Waals surface area contributed by atoms with E-state index in [0.717, 1.165) is 13.7 Å². The van der Waals surface area contributed by atoms with Crippen molar-refractivity contribution in [1.82, 2.24) is 13.7 Å². The van der Waals surface area contributed by atoms with Crippen LogP contribution < -0.4 is 17.1 Å². The molecule has 1 heterocycles. The van der Waals surface area contributed by atoms with Gasteiger partial charge in [0.2, 0.25) is 0 Å². The lowest BCUT2D eigenvalue weighted by atomic mass is 10.2. The summed E-state index contributed by atoms with van der Waals surface area (Å²) in [6.45, 7) is -0.0873. The Balaban J connectivity index is 2.31. The molecule has 1 aromatic heterocycles. The van der Waals surface area contributed by atoms with Crippen molar-refractivity contribution < 1.29 is 19.1 Å². The Kier molecular flexibility index (Phi) is 10.3. The number of rotatable bonds is 12. The van der Waals surface area contributed by atoms with Gasteiger partial charge in [-0.05, 0) is 18.4 Å². The van der Waals surface area contributed by atoms with Gasteiger partial charge in [-0.15, -0.1) is 0 Å². The molecule has 0 unspecified atom stereocenters. The predicted octanol–water partition coefficient (Wildman–Crippen LogP) is -0.0538. The van der Waals surface area contributed by atoms with Gasteiger partial charge in [-0.1, -0.05) is 30.3 Å². The summed E-state index contributed by atoms with van der Waals surface area (Å²) in [6.07, 6.45) is 0.412. The molecule has 0 fully saturated rings. The number of aromatic nitrogens is 3. The second-order valence-electron chi connectivity index (χ2n) is 6.69. The molecule has 0 radical (unpaired) electrons. The number of nitrogens with zero attached hydrogens (tertiary/aromatic N) is 3. The van der Waals surface area contributed by atoms with Crippen LogP contribution in [0.1, 0.15) is 18.4 Å². The first kappa shape index (κ1) is 25.5. The Labute approximate surface area is 194 Å². The second kappa shape index (κ2) is 13.0. The van der Waals surface area contributed by atoms with E-state index in [1.165, 1.54) is 0 Å². The van der Waals surface area contributed by atoms with Crippen molar-refractivity contribution in [3.63, 3.8) is 0 Å². The molecule has 0 aliphatic rings. The molecule has 0 aliphatic carbocycles. The molecule has 0 amide bonds. The van der Waals surface area contributed by atoms with Gasteiger partial charge in [0.1, 0.15) is 0 Å². The molecular formula is C20H25N3O7S2. The first-order valence-electron chi connectivity index (χ1n) is 9.90. The average Bonchev–Trinajstić information content (AvgIpc) is 2.80. The molecule has 2 aromatic rings. The van der Waals surface area contributed by atoms with E-state index in [1.54, 1.807) is 24.3 Å². The number of hydrogen-bond donors (Lipinski definition) is 2. The maximum absolute atomic E-state index is 12.9. The number of hydrogen-bond acceptors (Lipinski definition) is 9. The number of thiol groups is 2. The van der Waals surface area contributed by atoms with Gasteiger partial charge in [-0.2, -0.15) is 25.3 Å². The molecule has 174 valence electrons. The Morgan fingerprint density at radius 1 is 0.719 bits per heavy atom. The van der Waals surface area contributed by atoms with E-state index in [-0.39, 0.29) is 57.2 Å². The zero-order valence-corrected chi connectivity index (χ0v) is 19.1. The van der Waals surface area contributed by atoms with Crippen LogP contribution in [0, 0.1) is 0 Å². The van der Waals surface area contributed by atoms with Crippen LogP contribution in [0.3, 0.4) is 0 Å². The molecule has 0 atom stereocenters. The molecule has 0 aliphatic heterocycles. The highest BCUT2D eigenvalue weighted by atomic mass is 32.1. The third-order valence-corrected chi connectivity index (χ3v) is 4.92. The lowest BCUT2D eigenvalue weighted by Gasteiger charge is -2.14. The van der Waals surface area contributed by atoms with Crippen LogP contribution in [-0.4, -0.2) is 50.4 Å². The van der Waals surface area contributed by atoms with E-state index < -0.39 is 29.0 Å². The summed E-state index contributed by atoms with van der Waals surface area (Å²) in [7, 11) is 0. The molecule has 0 saturated heterocycles. The van der Waals surface area contributed by atoms with Gasteiger partial charge >= 0.3 is 29.0 Å². The largest absolute Gasteiger partial charge is 0.465 e. The molecule has 0 bridgehead atoms. The highest BCUT2D eigenvalue weighted by Gasteiger charge is 2.16. The summed E-state index contributed by atoms with van der Waals surface area (Å²) in [5, 5.41) is 0. The van der Waals surface area contributed by atoms with Crippen LogP contribution in [0.2, 0.25) is 0 Å². The normalized spacial score (nSPS) is 10.7. The van der Waals surface area contributed by atoms with Crippen LogP contribution in [0.5, 0.6) is 0 Å². The van der Waals surface area contributed by atoms with Crippen molar-refractivity contribution >= 4 is 37.2 Å². The van der Waals surface area contributed by atoms with Crippen molar-refractivity contribution in [2.75, 3.05) is 24.7 Å². The van der Waals surface area contributed by atoms with Crippen molar-refractivity contribution in [1.29, 1.82) is 0 Å². The highest BCUT2D eigenvalue weighted by molar-refractivity contribution is 7.81. The number of benzene rings is 1. The van der Waals surface area contributed by atoms with E-state index in [4.69, 9.17) is 9.47 Å². The quantitative estimate of drug-likeness (QED) is 0.247. The SMILES string of the molecule is O=C(CS)OCCCn1c(=O)n(CCCOC(=O)CS)c(=O)n(Cc2ccccc2)c1=O. The monoisotopic (exact) mass is 483 g/mol. The summed E-state index contributed by atoms with van der Waals surface area (Å²) in [5.41, 5.74) is -1.55. The second-order valence-corrected chi connectivity index (χ2v) is 7.32. The summed E-state index contributed by atoms with van der Waals surface area (Å²) in [5.74, 6) is -1.18. The molecule has 0 spiro atoms. The van der Waals surface area contributed by atoms with Crippen molar-refractivity contribution in [2.24, 2.45) is 0 Å². The zero-order valence-electron chi connectivity index (χ0n) is 17.3. The van der Waals surface area contributed by atoms with Gasteiger partial charge in [0.15, 0.2) is 0 Å². The number of carbonyl (C=O) groups excluding carboxylic acids is 2. The third kappa shape index (κ3) is 7.16. The minimum atomic E-state index is -0.773. The summed E-state index contributed by atoms with van der Waals surface area (Å²) < 4.78 is 12.7. The van der Waals surface area contributed by atoms with Crippen molar-refractivity contribution in [3.05, 3.63) is 67.3 Å². The molecule has 10 nitrogen and oxygen atoms in total. The van der Waals surface area contributed by atoms with Crippen molar-refractivity contribution in [2.45, 2.75) is 32.5 Å². The fraction of sp³-hybridized carbons (Fsp3) is 0.450. The first-order chi connectivity index (χ1) is 15.4. The highest BCUT2D eigenvalue weighted by Crippen LogP contribution is 1.99. The van der Waals surface area contributed by atoms with Crippen LogP contribution in [0.15, 0.2) is 44.7 Å². The topological polar surface area (TPSA) is 119 Å². The molecule has 12 heteroatoms. The Morgan fingerprint density at radius 3 is 1.59 bits per heavy atom. The minimum absolute atomic E-state index is 0.00274. The molecule has 0 N–H and O–H groups in total. The van der Waals surface area contributed by atoms with Gasteiger partial charge in [-0.3, -0.25) is 9.59 Å². The first-order valence-corrected chi connectivity index (χ1v) is 11.2. The standard InChI is InChI=1S/C20H25N3O7S2/c24-16(13-31)29-10-4-8-21-18(26)22(9-5-11-30-17(25)14-32)20(28)23(19(21)27)12-15-6-2-1-3-7-15/h1-3,6-7,31-32H,4-5,8-14H2. The van der Waals surface area contributed by atoms with E-state index in [9.17, 15) is 24.0 Å². The van der Waals surface area contributed by atoms with E-state index >= 15 is 0 Å². The van der Waals surface area contributed by atoms with Gasteiger partial charge in [0.25, 0.3) is 0 Å². The Morgan fingerprint density at radius 2 is 1.16 bits per heavy atom. The Bertz CT molecular complexity index is 1030. The average molecular weight is 484 g/mol. The maximum atomic E-state index is 12.9.